The Morgan fingerprint density at radius 1 is 1.12 bits per heavy atom. The molecule has 132 valence electrons. The van der Waals surface area contributed by atoms with Gasteiger partial charge in [0.15, 0.2) is 6.61 Å². The second kappa shape index (κ2) is 8.33. The van der Waals surface area contributed by atoms with E-state index in [2.05, 4.69) is 5.32 Å². The molecule has 1 atom stereocenters. The highest BCUT2D eigenvalue weighted by atomic mass is 16.5. The minimum absolute atomic E-state index is 0.220. The lowest BCUT2D eigenvalue weighted by molar-refractivity contribution is -0.142. The van der Waals surface area contributed by atoms with Crippen molar-refractivity contribution in [3.05, 3.63) is 64.7 Å². The average molecular weight is 341 g/mol. The summed E-state index contributed by atoms with van der Waals surface area (Å²) in [6.45, 7) is 5.65. The van der Waals surface area contributed by atoms with Crippen molar-refractivity contribution in [3.8, 4) is 5.75 Å². The Labute approximate surface area is 147 Å². The smallest absolute Gasteiger partial charge is 0.326 e. The molecule has 1 amide bonds. The number of rotatable bonds is 7. The molecule has 0 aliphatic heterocycles. The van der Waals surface area contributed by atoms with Gasteiger partial charge >= 0.3 is 5.97 Å². The molecule has 0 saturated carbocycles. The largest absolute Gasteiger partial charge is 0.483 e. The Kier molecular flexibility index (Phi) is 6.17. The first-order valence-corrected chi connectivity index (χ1v) is 8.13. The number of ether oxygens (including phenoxy) is 1. The Balaban J connectivity index is 1.97. The van der Waals surface area contributed by atoms with Gasteiger partial charge in [-0.05, 0) is 49.1 Å². The molecule has 0 fully saturated rings. The zero-order chi connectivity index (χ0) is 18.4. The summed E-state index contributed by atoms with van der Waals surface area (Å²) in [7, 11) is 0. The van der Waals surface area contributed by atoms with Crippen LogP contribution >= 0.6 is 0 Å². The van der Waals surface area contributed by atoms with Gasteiger partial charge in [0.1, 0.15) is 11.8 Å². The Hall–Kier alpha value is -2.82. The van der Waals surface area contributed by atoms with Crippen molar-refractivity contribution in [1.82, 2.24) is 5.32 Å². The first kappa shape index (κ1) is 18.5. The molecule has 2 N–H and O–H groups in total. The van der Waals surface area contributed by atoms with Gasteiger partial charge in [0.05, 0.1) is 0 Å². The van der Waals surface area contributed by atoms with Gasteiger partial charge in [-0.2, -0.15) is 0 Å². The van der Waals surface area contributed by atoms with Gasteiger partial charge in [-0.1, -0.05) is 36.4 Å². The van der Waals surface area contributed by atoms with Crippen LogP contribution in [0.4, 0.5) is 0 Å². The molecule has 0 aliphatic rings. The Morgan fingerprint density at radius 2 is 1.80 bits per heavy atom. The normalized spacial score (nSPS) is 11.6. The fraction of sp³-hybridized carbons (Fsp3) is 0.300. The van der Waals surface area contributed by atoms with Crippen LogP contribution in [0.5, 0.6) is 5.75 Å². The fourth-order valence-corrected chi connectivity index (χ4v) is 2.58. The van der Waals surface area contributed by atoms with Crippen LogP contribution in [-0.4, -0.2) is 29.6 Å². The van der Waals surface area contributed by atoms with Gasteiger partial charge < -0.3 is 15.2 Å². The van der Waals surface area contributed by atoms with Crippen LogP contribution in [0.15, 0.2) is 42.5 Å². The van der Waals surface area contributed by atoms with E-state index in [4.69, 9.17) is 4.74 Å². The van der Waals surface area contributed by atoms with E-state index in [0.717, 1.165) is 22.3 Å². The third kappa shape index (κ3) is 5.35. The monoisotopic (exact) mass is 341 g/mol. The summed E-state index contributed by atoms with van der Waals surface area (Å²) in [5.74, 6) is -0.885. The van der Waals surface area contributed by atoms with E-state index in [-0.39, 0.29) is 13.0 Å². The number of hydrogen-bond acceptors (Lipinski definition) is 3. The van der Waals surface area contributed by atoms with E-state index < -0.39 is 17.9 Å². The van der Waals surface area contributed by atoms with Crippen molar-refractivity contribution >= 4 is 11.9 Å². The lowest BCUT2D eigenvalue weighted by Gasteiger charge is -2.16. The van der Waals surface area contributed by atoms with Crippen molar-refractivity contribution in [1.29, 1.82) is 0 Å². The van der Waals surface area contributed by atoms with Crippen molar-refractivity contribution in [2.45, 2.75) is 33.2 Å². The summed E-state index contributed by atoms with van der Waals surface area (Å²) >= 11 is 0. The Morgan fingerprint density at radius 3 is 2.44 bits per heavy atom. The summed E-state index contributed by atoms with van der Waals surface area (Å²) < 4.78 is 5.59. The maximum atomic E-state index is 12.1. The quantitative estimate of drug-likeness (QED) is 0.812. The van der Waals surface area contributed by atoms with Gasteiger partial charge in [0, 0.05) is 6.42 Å². The number of carbonyl (C=O) groups excluding carboxylic acids is 1. The standard InChI is InChI=1S/C20H23NO4/c1-13-9-14(2)15(3)18(10-13)25-12-19(22)21-17(20(23)24)11-16-7-5-4-6-8-16/h4-10,17H,11-12H2,1-3H3,(H,21,22)(H,23,24). The topological polar surface area (TPSA) is 75.6 Å². The fourth-order valence-electron chi connectivity index (χ4n) is 2.58. The van der Waals surface area contributed by atoms with E-state index in [9.17, 15) is 14.7 Å². The average Bonchev–Trinajstić information content (AvgIpc) is 2.57. The number of carbonyl (C=O) groups is 2. The van der Waals surface area contributed by atoms with Crippen LogP contribution < -0.4 is 10.1 Å². The minimum Gasteiger partial charge on any atom is -0.483 e. The third-order valence-corrected chi connectivity index (χ3v) is 4.04. The zero-order valence-corrected chi connectivity index (χ0v) is 14.7. The van der Waals surface area contributed by atoms with E-state index in [1.165, 1.54) is 0 Å². The first-order valence-electron chi connectivity index (χ1n) is 8.13. The molecule has 5 heteroatoms. The molecule has 0 saturated heterocycles. The predicted molar refractivity (Wildman–Crippen MR) is 95.9 cm³/mol. The van der Waals surface area contributed by atoms with Crippen molar-refractivity contribution in [2.75, 3.05) is 6.61 Å². The SMILES string of the molecule is Cc1cc(C)c(C)c(OCC(=O)NC(Cc2ccccc2)C(=O)O)c1. The number of hydrogen-bond donors (Lipinski definition) is 2. The van der Waals surface area contributed by atoms with Crippen molar-refractivity contribution in [3.63, 3.8) is 0 Å². The number of aliphatic carboxylic acids is 1. The molecule has 0 aromatic heterocycles. The van der Waals surface area contributed by atoms with Crippen molar-refractivity contribution < 1.29 is 19.4 Å². The Bertz CT molecular complexity index is 756. The van der Waals surface area contributed by atoms with Crippen LogP contribution in [0.25, 0.3) is 0 Å². The second-order valence-electron chi connectivity index (χ2n) is 6.14. The minimum atomic E-state index is -1.07. The van der Waals surface area contributed by atoms with E-state index in [0.29, 0.717) is 5.75 Å². The summed E-state index contributed by atoms with van der Waals surface area (Å²) in [4.78, 5) is 23.5. The van der Waals surface area contributed by atoms with Gasteiger partial charge in [-0.3, -0.25) is 4.79 Å². The number of carboxylic acids is 1. The maximum Gasteiger partial charge on any atom is 0.326 e. The van der Waals surface area contributed by atoms with Crippen LogP contribution in [-0.2, 0) is 16.0 Å². The number of nitrogens with one attached hydrogen (secondary N) is 1. The highest BCUT2D eigenvalue weighted by Crippen LogP contribution is 2.23. The third-order valence-electron chi connectivity index (χ3n) is 4.04. The number of benzene rings is 2. The second-order valence-corrected chi connectivity index (χ2v) is 6.14. The molecule has 2 aromatic carbocycles. The molecule has 0 radical (unpaired) electrons. The van der Waals surface area contributed by atoms with Gasteiger partial charge in [-0.15, -0.1) is 0 Å². The summed E-state index contributed by atoms with van der Waals surface area (Å²) in [6.07, 6.45) is 0.227. The van der Waals surface area contributed by atoms with E-state index in [1.54, 1.807) is 0 Å². The molecular weight excluding hydrogens is 318 g/mol. The maximum absolute atomic E-state index is 12.1. The lowest BCUT2D eigenvalue weighted by atomic mass is 10.1. The molecule has 2 aromatic rings. The number of carboxylic acid groups (broad SMARTS) is 1. The summed E-state index contributed by atoms with van der Waals surface area (Å²) in [5, 5.41) is 11.9. The van der Waals surface area contributed by atoms with Crippen LogP contribution in [0.1, 0.15) is 22.3 Å². The molecule has 2 rings (SSSR count). The van der Waals surface area contributed by atoms with Crippen LogP contribution in [0.2, 0.25) is 0 Å². The molecular formula is C20H23NO4. The summed E-state index contributed by atoms with van der Waals surface area (Å²) in [6, 6.07) is 12.1. The summed E-state index contributed by atoms with van der Waals surface area (Å²) in [5.41, 5.74) is 3.95. The van der Waals surface area contributed by atoms with Crippen LogP contribution in [0, 0.1) is 20.8 Å². The van der Waals surface area contributed by atoms with Gasteiger partial charge in [0.25, 0.3) is 5.91 Å². The number of aryl methyl sites for hydroxylation is 2. The molecule has 25 heavy (non-hydrogen) atoms. The first-order chi connectivity index (χ1) is 11.9. The zero-order valence-electron chi connectivity index (χ0n) is 14.7. The molecule has 0 aliphatic carbocycles. The molecule has 5 nitrogen and oxygen atoms in total. The van der Waals surface area contributed by atoms with Gasteiger partial charge in [-0.25, -0.2) is 4.79 Å². The van der Waals surface area contributed by atoms with Crippen molar-refractivity contribution in [2.24, 2.45) is 0 Å². The number of amides is 1. The molecule has 0 spiro atoms. The van der Waals surface area contributed by atoms with Gasteiger partial charge in [0.2, 0.25) is 0 Å². The van der Waals surface area contributed by atoms with Crippen LogP contribution in [0.3, 0.4) is 0 Å². The highest BCUT2D eigenvalue weighted by Gasteiger charge is 2.20. The van der Waals surface area contributed by atoms with E-state index >= 15 is 0 Å². The van der Waals surface area contributed by atoms with E-state index in [1.807, 2.05) is 63.2 Å². The predicted octanol–water partition coefficient (Wildman–Crippen LogP) is 2.80. The molecule has 1 unspecified atom stereocenters. The highest BCUT2D eigenvalue weighted by molar-refractivity contribution is 5.84. The molecule has 0 heterocycles. The molecule has 0 bridgehead atoms. The lowest BCUT2D eigenvalue weighted by Crippen LogP contribution is -2.44.